The topological polar surface area (TPSA) is 0 Å². The van der Waals surface area contributed by atoms with Gasteiger partial charge in [-0.15, -0.1) is 0 Å². The molecule has 0 radical (unpaired) electrons. The molecule has 0 aromatic heterocycles. The number of allylic oxidation sites excluding steroid dienone is 4. The van der Waals surface area contributed by atoms with Gasteiger partial charge in [0.25, 0.3) is 0 Å². The monoisotopic (exact) mass is 388 g/mol. The van der Waals surface area contributed by atoms with E-state index in [2.05, 4.69) is 48.6 Å². The van der Waals surface area contributed by atoms with Crippen molar-refractivity contribution in [3.05, 3.63) is 123 Å². The third kappa shape index (κ3) is 4.24. The van der Waals surface area contributed by atoms with Crippen LogP contribution in [0.4, 0.5) is 0 Å². The predicted molar refractivity (Wildman–Crippen MR) is 118 cm³/mol. The van der Waals surface area contributed by atoms with E-state index in [4.69, 9.17) is 23.2 Å². The maximum atomic E-state index is 5.99. The zero-order valence-electron chi connectivity index (χ0n) is 14.7. The molecule has 27 heavy (non-hydrogen) atoms. The zero-order valence-corrected chi connectivity index (χ0v) is 16.2. The maximum Gasteiger partial charge on any atom is 0.0406 e. The summed E-state index contributed by atoms with van der Waals surface area (Å²) in [5.74, 6) is 0. The summed E-state index contributed by atoms with van der Waals surface area (Å²) < 4.78 is 0. The lowest BCUT2D eigenvalue weighted by atomic mass is 10.0. The van der Waals surface area contributed by atoms with Crippen LogP contribution < -0.4 is 0 Å². The third-order valence-electron chi connectivity index (χ3n) is 4.69. The Morgan fingerprint density at radius 3 is 1.78 bits per heavy atom. The van der Waals surface area contributed by atoms with Gasteiger partial charge >= 0.3 is 0 Å². The molecule has 1 aliphatic carbocycles. The molecule has 2 heteroatoms. The number of fused-ring (bicyclic) bond motifs is 1. The van der Waals surface area contributed by atoms with Gasteiger partial charge in [0.15, 0.2) is 0 Å². The molecule has 3 aromatic carbocycles. The average Bonchev–Trinajstić information content (AvgIpc) is 3.05. The zero-order chi connectivity index (χ0) is 18.6. The van der Waals surface area contributed by atoms with Crippen molar-refractivity contribution in [2.24, 2.45) is 0 Å². The number of rotatable bonds is 4. The normalized spacial score (nSPS) is 13.7. The van der Waals surface area contributed by atoms with E-state index in [9.17, 15) is 0 Å². The molecule has 0 saturated carbocycles. The van der Waals surface area contributed by atoms with E-state index in [0.717, 1.165) is 27.6 Å². The highest BCUT2D eigenvalue weighted by Crippen LogP contribution is 2.35. The van der Waals surface area contributed by atoms with Crippen LogP contribution in [0.1, 0.15) is 22.3 Å². The Balaban J connectivity index is 1.68. The highest BCUT2D eigenvalue weighted by atomic mass is 35.5. The van der Waals surface area contributed by atoms with Crippen molar-refractivity contribution in [3.8, 4) is 0 Å². The maximum absolute atomic E-state index is 5.99. The Bertz CT molecular complexity index is 1040. The van der Waals surface area contributed by atoms with Gasteiger partial charge in [-0.05, 0) is 64.1 Å². The van der Waals surface area contributed by atoms with Crippen molar-refractivity contribution in [3.63, 3.8) is 0 Å². The fourth-order valence-electron chi connectivity index (χ4n) is 3.28. The van der Waals surface area contributed by atoms with Crippen LogP contribution in [0.3, 0.4) is 0 Å². The molecular weight excluding hydrogens is 371 g/mol. The van der Waals surface area contributed by atoms with Crippen LogP contribution in [0, 0.1) is 0 Å². The fourth-order valence-corrected chi connectivity index (χ4v) is 3.53. The van der Waals surface area contributed by atoms with Gasteiger partial charge in [0, 0.05) is 10.0 Å². The minimum Gasteiger partial charge on any atom is -0.0843 e. The van der Waals surface area contributed by atoms with Crippen molar-refractivity contribution in [2.45, 2.75) is 6.42 Å². The molecule has 0 N–H and O–H groups in total. The summed E-state index contributed by atoms with van der Waals surface area (Å²) in [5.41, 5.74) is 7.53. The minimum absolute atomic E-state index is 0.754. The molecule has 132 valence electrons. The van der Waals surface area contributed by atoms with Gasteiger partial charge in [0.2, 0.25) is 0 Å². The summed E-state index contributed by atoms with van der Waals surface area (Å²) in [4.78, 5) is 0. The van der Waals surface area contributed by atoms with Gasteiger partial charge in [0.05, 0.1) is 0 Å². The number of halogens is 2. The molecule has 4 rings (SSSR count). The van der Waals surface area contributed by atoms with E-state index in [1.165, 1.54) is 22.3 Å². The van der Waals surface area contributed by atoms with Crippen molar-refractivity contribution in [1.82, 2.24) is 0 Å². The van der Waals surface area contributed by atoms with Gasteiger partial charge in [-0.2, -0.15) is 0 Å². The Labute approximate surface area is 170 Å². The van der Waals surface area contributed by atoms with E-state index < -0.39 is 0 Å². The first-order chi connectivity index (χ1) is 13.2. The summed E-state index contributed by atoms with van der Waals surface area (Å²) in [5, 5.41) is 1.51. The Morgan fingerprint density at radius 2 is 1.15 bits per heavy atom. The highest BCUT2D eigenvalue weighted by molar-refractivity contribution is 6.30. The molecular formula is C25H18Cl2. The Kier molecular flexibility index (Phi) is 5.29. The van der Waals surface area contributed by atoms with E-state index in [-0.39, 0.29) is 0 Å². The van der Waals surface area contributed by atoms with Crippen LogP contribution in [0.5, 0.6) is 0 Å². The van der Waals surface area contributed by atoms with Crippen molar-refractivity contribution in [1.29, 1.82) is 0 Å². The summed E-state index contributed by atoms with van der Waals surface area (Å²) in [6.07, 6.45) is 9.65. The molecule has 0 unspecified atom stereocenters. The largest absolute Gasteiger partial charge is 0.0843 e. The lowest BCUT2D eigenvalue weighted by Crippen LogP contribution is -1.81. The van der Waals surface area contributed by atoms with Crippen molar-refractivity contribution < 1.29 is 0 Å². The van der Waals surface area contributed by atoms with Crippen molar-refractivity contribution in [2.75, 3.05) is 0 Å². The first-order valence-electron chi connectivity index (χ1n) is 8.88. The quantitative estimate of drug-likeness (QED) is 0.428. The SMILES string of the molecule is Clc1ccc(/C=C/C2=C(/C=C/c3ccc(Cl)cc3)c3ccccc3C2)cc1. The van der Waals surface area contributed by atoms with E-state index in [1.54, 1.807) is 0 Å². The summed E-state index contributed by atoms with van der Waals surface area (Å²) in [6.45, 7) is 0. The first-order valence-corrected chi connectivity index (χ1v) is 9.63. The van der Waals surface area contributed by atoms with Crippen LogP contribution in [0.2, 0.25) is 10.0 Å². The molecule has 0 amide bonds. The van der Waals surface area contributed by atoms with Gasteiger partial charge < -0.3 is 0 Å². The molecule has 1 aliphatic rings. The molecule has 0 spiro atoms. The fraction of sp³-hybridized carbons (Fsp3) is 0.0400. The van der Waals surface area contributed by atoms with E-state index in [1.807, 2.05) is 48.5 Å². The standard InChI is InChI=1S/C25H18Cl2/c26-22-12-6-18(7-13-22)5-11-21-17-20-3-1-2-4-24(20)25(21)16-10-19-8-14-23(27)15-9-19/h1-16H,17H2/b11-5+,16-10+. The number of hydrogen-bond acceptors (Lipinski definition) is 0. The summed E-state index contributed by atoms with van der Waals surface area (Å²) >= 11 is 12.0. The molecule has 0 nitrogen and oxygen atoms in total. The second kappa shape index (κ2) is 8.00. The van der Waals surface area contributed by atoms with Crippen LogP contribution in [-0.2, 0) is 6.42 Å². The van der Waals surface area contributed by atoms with E-state index in [0.29, 0.717) is 0 Å². The van der Waals surface area contributed by atoms with Gasteiger partial charge in [-0.25, -0.2) is 0 Å². The second-order valence-electron chi connectivity index (χ2n) is 6.54. The van der Waals surface area contributed by atoms with Gasteiger partial charge in [-0.3, -0.25) is 0 Å². The third-order valence-corrected chi connectivity index (χ3v) is 5.20. The summed E-state index contributed by atoms with van der Waals surface area (Å²) in [6, 6.07) is 24.4. The second-order valence-corrected chi connectivity index (χ2v) is 7.42. The summed E-state index contributed by atoms with van der Waals surface area (Å²) in [7, 11) is 0. The minimum atomic E-state index is 0.754. The average molecular weight is 389 g/mol. The molecule has 0 saturated heterocycles. The molecule has 3 aromatic rings. The molecule has 0 fully saturated rings. The van der Waals surface area contributed by atoms with E-state index >= 15 is 0 Å². The van der Waals surface area contributed by atoms with Crippen LogP contribution in [0.25, 0.3) is 17.7 Å². The lowest BCUT2D eigenvalue weighted by molar-refractivity contribution is 1.25. The molecule has 0 atom stereocenters. The number of benzene rings is 3. The van der Waals surface area contributed by atoms with Crippen LogP contribution in [0.15, 0.2) is 90.5 Å². The first kappa shape index (κ1) is 17.9. The Hall–Kier alpha value is -2.54. The lowest BCUT2D eigenvalue weighted by Gasteiger charge is -2.02. The van der Waals surface area contributed by atoms with Crippen LogP contribution in [-0.4, -0.2) is 0 Å². The molecule has 0 bridgehead atoms. The van der Waals surface area contributed by atoms with Gasteiger partial charge in [0.1, 0.15) is 0 Å². The van der Waals surface area contributed by atoms with Crippen LogP contribution >= 0.6 is 23.2 Å². The smallest absolute Gasteiger partial charge is 0.0406 e. The highest BCUT2D eigenvalue weighted by Gasteiger charge is 2.17. The van der Waals surface area contributed by atoms with Crippen molar-refractivity contribution >= 4 is 40.9 Å². The molecule has 0 heterocycles. The predicted octanol–water partition coefficient (Wildman–Crippen LogP) is 7.73. The van der Waals surface area contributed by atoms with Gasteiger partial charge in [-0.1, -0.05) is 96.0 Å². The number of hydrogen-bond donors (Lipinski definition) is 0. The Morgan fingerprint density at radius 1 is 0.593 bits per heavy atom. The molecule has 0 aliphatic heterocycles.